The van der Waals surface area contributed by atoms with Gasteiger partial charge in [0.05, 0.1) is 11.9 Å². The van der Waals surface area contributed by atoms with Crippen molar-refractivity contribution in [2.24, 2.45) is 7.05 Å². The molecule has 0 unspecified atom stereocenters. The van der Waals surface area contributed by atoms with E-state index in [0.29, 0.717) is 11.3 Å². The van der Waals surface area contributed by atoms with Crippen LogP contribution >= 0.6 is 0 Å². The van der Waals surface area contributed by atoms with Gasteiger partial charge in [-0.3, -0.25) is 9.59 Å². The summed E-state index contributed by atoms with van der Waals surface area (Å²) in [6.45, 7) is 1.59. The largest absolute Gasteiger partial charge is 0.452 e. The Bertz CT molecular complexity index is 1450. The van der Waals surface area contributed by atoms with Gasteiger partial charge in [-0.25, -0.2) is 13.2 Å². The maximum Gasteiger partial charge on any atom is 0.261 e. The first-order valence-electron chi connectivity index (χ1n) is 9.95. The van der Waals surface area contributed by atoms with Gasteiger partial charge in [-0.15, -0.1) is 0 Å². The summed E-state index contributed by atoms with van der Waals surface area (Å²) in [7, 11) is 1.59. The van der Waals surface area contributed by atoms with Gasteiger partial charge in [-0.1, -0.05) is 12.1 Å². The van der Waals surface area contributed by atoms with Crippen LogP contribution in [-0.4, -0.2) is 20.7 Å². The molecule has 0 aliphatic heterocycles. The van der Waals surface area contributed by atoms with Crippen LogP contribution in [0.1, 0.15) is 16.1 Å². The first-order valence-corrected chi connectivity index (χ1v) is 9.95. The van der Waals surface area contributed by atoms with Crippen molar-refractivity contribution in [1.82, 2.24) is 14.8 Å². The number of pyridine rings is 1. The van der Waals surface area contributed by atoms with E-state index < -0.39 is 40.2 Å². The Morgan fingerprint density at radius 3 is 2.44 bits per heavy atom. The molecule has 2 heterocycles. The van der Waals surface area contributed by atoms with E-state index in [0.717, 1.165) is 12.1 Å². The average Bonchev–Trinajstić information content (AvgIpc) is 2.80. The van der Waals surface area contributed by atoms with Crippen LogP contribution < -0.4 is 15.5 Å². The lowest BCUT2D eigenvalue weighted by atomic mass is 10.0. The van der Waals surface area contributed by atoms with E-state index in [4.69, 9.17) is 4.74 Å². The summed E-state index contributed by atoms with van der Waals surface area (Å²) in [5, 5.41) is 9.64. The highest BCUT2D eigenvalue weighted by Crippen LogP contribution is 2.30. The van der Waals surface area contributed by atoms with Crippen molar-refractivity contribution in [3.8, 4) is 22.6 Å². The molecule has 0 radical (unpaired) electrons. The summed E-state index contributed by atoms with van der Waals surface area (Å²) in [6.07, 6.45) is 4.08. The van der Waals surface area contributed by atoms with Crippen molar-refractivity contribution >= 4 is 11.6 Å². The SMILES string of the molecule is Cc1nnccc1Oc1cc(F)c(NC(=O)c2cn(C)cc(-c3ccc(F)cc3)c2=O)cc1F. The number of ether oxygens (including phenoxy) is 1. The van der Waals surface area contributed by atoms with Crippen LogP contribution in [0.5, 0.6) is 11.5 Å². The molecule has 1 N–H and O–H groups in total. The van der Waals surface area contributed by atoms with Gasteiger partial charge in [0.15, 0.2) is 23.1 Å². The molecule has 34 heavy (non-hydrogen) atoms. The molecular formula is C24H17F3N4O3. The molecule has 4 aromatic rings. The van der Waals surface area contributed by atoms with Crippen molar-refractivity contribution in [2.45, 2.75) is 6.92 Å². The fraction of sp³-hybridized carbons (Fsp3) is 0.0833. The molecule has 0 aliphatic rings. The first kappa shape index (κ1) is 22.7. The molecule has 0 aliphatic carbocycles. The van der Waals surface area contributed by atoms with Crippen LogP contribution in [0.15, 0.2) is 65.8 Å². The lowest BCUT2D eigenvalue weighted by Gasteiger charge is -2.12. The highest BCUT2D eigenvalue weighted by molar-refractivity contribution is 6.04. The number of aromatic nitrogens is 3. The highest BCUT2D eigenvalue weighted by atomic mass is 19.1. The van der Waals surface area contributed by atoms with Crippen LogP contribution in [-0.2, 0) is 7.05 Å². The predicted octanol–water partition coefficient (Wildman–Crippen LogP) is 4.61. The molecule has 0 fully saturated rings. The fourth-order valence-electron chi connectivity index (χ4n) is 3.21. The second-order valence-corrected chi connectivity index (χ2v) is 7.39. The predicted molar refractivity (Wildman–Crippen MR) is 118 cm³/mol. The molecule has 2 aromatic heterocycles. The molecule has 4 rings (SSSR count). The molecule has 0 atom stereocenters. The third-order valence-corrected chi connectivity index (χ3v) is 4.90. The van der Waals surface area contributed by atoms with Gasteiger partial charge >= 0.3 is 0 Å². The van der Waals surface area contributed by atoms with E-state index in [-0.39, 0.29) is 16.9 Å². The monoisotopic (exact) mass is 466 g/mol. The number of rotatable bonds is 5. The van der Waals surface area contributed by atoms with Gasteiger partial charge in [-0.2, -0.15) is 10.2 Å². The minimum absolute atomic E-state index is 0.145. The molecule has 0 saturated heterocycles. The van der Waals surface area contributed by atoms with Gasteiger partial charge in [0.2, 0.25) is 5.43 Å². The van der Waals surface area contributed by atoms with Crippen LogP contribution in [0, 0.1) is 24.4 Å². The Labute approximate surface area is 191 Å². The summed E-state index contributed by atoms with van der Waals surface area (Å²) >= 11 is 0. The molecule has 0 bridgehead atoms. The second kappa shape index (κ2) is 9.18. The van der Waals surface area contributed by atoms with E-state index in [2.05, 4.69) is 15.5 Å². The minimum atomic E-state index is -0.976. The van der Waals surface area contributed by atoms with E-state index >= 15 is 0 Å². The number of anilines is 1. The third kappa shape index (κ3) is 4.65. The van der Waals surface area contributed by atoms with Gasteiger partial charge in [0.1, 0.15) is 17.1 Å². The number of halogens is 3. The molecule has 0 spiro atoms. The third-order valence-electron chi connectivity index (χ3n) is 4.90. The minimum Gasteiger partial charge on any atom is -0.452 e. The molecule has 2 aromatic carbocycles. The van der Waals surface area contributed by atoms with Crippen LogP contribution in [0.25, 0.3) is 11.1 Å². The number of carbonyl (C=O) groups is 1. The summed E-state index contributed by atoms with van der Waals surface area (Å²) in [6, 6.07) is 8.15. The second-order valence-electron chi connectivity index (χ2n) is 7.39. The van der Waals surface area contributed by atoms with Gasteiger partial charge in [0.25, 0.3) is 5.91 Å². The Balaban J connectivity index is 1.63. The van der Waals surface area contributed by atoms with Crippen molar-refractivity contribution in [1.29, 1.82) is 0 Å². The first-order chi connectivity index (χ1) is 16.2. The molecule has 0 saturated carbocycles. The normalized spacial score (nSPS) is 10.7. The number of amides is 1. The van der Waals surface area contributed by atoms with Crippen molar-refractivity contribution < 1.29 is 22.7 Å². The smallest absolute Gasteiger partial charge is 0.261 e. The summed E-state index contributed by atoms with van der Waals surface area (Å²) in [4.78, 5) is 25.7. The summed E-state index contributed by atoms with van der Waals surface area (Å²) in [5.74, 6) is -3.57. The molecular weight excluding hydrogens is 449 g/mol. The summed E-state index contributed by atoms with van der Waals surface area (Å²) < 4.78 is 49.3. The van der Waals surface area contributed by atoms with Crippen LogP contribution in [0.2, 0.25) is 0 Å². The Kier molecular flexibility index (Phi) is 6.13. The summed E-state index contributed by atoms with van der Waals surface area (Å²) in [5.41, 5.74) is -0.514. The van der Waals surface area contributed by atoms with Crippen molar-refractivity contribution in [3.05, 3.63) is 100.0 Å². The Hall–Kier alpha value is -4.47. The number of hydrogen-bond acceptors (Lipinski definition) is 5. The number of nitrogens with one attached hydrogen (secondary N) is 1. The highest BCUT2D eigenvalue weighted by Gasteiger charge is 2.19. The number of nitrogens with zero attached hydrogens (tertiary/aromatic N) is 3. The molecule has 10 heteroatoms. The Morgan fingerprint density at radius 2 is 1.74 bits per heavy atom. The number of carbonyl (C=O) groups excluding carboxylic acids is 1. The average molecular weight is 466 g/mol. The zero-order valence-electron chi connectivity index (χ0n) is 18.0. The maximum absolute atomic E-state index is 14.7. The van der Waals surface area contributed by atoms with Crippen LogP contribution in [0.4, 0.5) is 18.9 Å². The Morgan fingerprint density at radius 1 is 1.00 bits per heavy atom. The lowest BCUT2D eigenvalue weighted by Crippen LogP contribution is -2.24. The number of hydrogen-bond donors (Lipinski definition) is 1. The van der Waals surface area contributed by atoms with Crippen molar-refractivity contribution in [2.75, 3.05) is 5.32 Å². The van der Waals surface area contributed by atoms with E-state index in [9.17, 15) is 22.8 Å². The zero-order valence-corrected chi connectivity index (χ0v) is 18.0. The maximum atomic E-state index is 14.7. The fourth-order valence-corrected chi connectivity index (χ4v) is 3.21. The molecule has 1 amide bonds. The molecule has 7 nitrogen and oxygen atoms in total. The quantitative estimate of drug-likeness (QED) is 0.464. The van der Waals surface area contributed by atoms with E-state index in [1.54, 1.807) is 14.0 Å². The van der Waals surface area contributed by atoms with Gasteiger partial charge < -0.3 is 14.6 Å². The van der Waals surface area contributed by atoms with Gasteiger partial charge in [0, 0.05) is 43.2 Å². The topological polar surface area (TPSA) is 86.1 Å². The standard InChI is InChI=1S/C24H17F3N4O3/c1-13-21(7-8-28-30-13)34-22-10-18(26)20(9-19(22)27)29-24(33)17-12-31(2)11-16(23(17)32)14-3-5-15(25)6-4-14/h3-12H,1-2H3,(H,29,33). The molecule has 172 valence electrons. The van der Waals surface area contributed by atoms with E-state index in [1.165, 1.54) is 53.5 Å². The van der Waals surface area contributed by atoms with E-state index in [1.807, 2.05) is 0 Å². The lowest BCUT2D eigenvalue weighted by molar-refractivity contribution is 0.102. The number of aryl methyl sites for hydroxylation is 2. The van der Waals surface area contributed by atoms with Gasteiger partial charge in [-0.05, 0) is 24.6 Å². The zero-order chi connectivity index (χ0) is 24.4. The van der Waals surface area contributed by atoms with Crippen molar-refractivity contribution in [3.63, 3.8) is 0 Å². The van der Waals surface area contributed by atoms with Crippen LogP contribution in [0.3, 0.4) is 0 Å². The number of benzene rings is 2.